The van der Waals surface area contributed by atoms with E-state index >= 15 is 0 Å². The first-order valence-electron chi connectivity index (χ1n) is 5.95. The van der Waals surface area contributed by atoms with Crippen molar-refractivity contribution in [1.82, 2.24) is 5.32 Å². The molecule has 1 fully saturated rings. The molecule has 94 valence electrons. The third-order valence-corrected chi connectivity index (χ3v) is 5.16. The zero-order valence-electron chi connectivity index (χ0n) is 9.88. The van der Waals surface area contributed by atoms with Gasteiger partial charge in [0.05, 0.1) is 0 Å². The van der Waals surface area contributed by atoms with Gasteiger partial charge < -0.3 is 5.32 Å². The fourth-order valence-corrected chi connectivity index (χ4v) is 4.20. The second-order valence-electron chi connectivity index (χ2n) is 4.40. The van der Waals surface area contributed by atoms with Crippen LogP contribution < -0.4 is 5.32 Å². The monoisotopic (exact) mass is 317 g/mol. The van der Waals surface area contributed by atoms with Crippen molar-refractivity contribution in [3.05, 3.63) is 34.1 Å². The second kappa shape index (κ2) is 6.21. The van der Waals surface area contributed by atoms with E-state index in [0.29, 0.717) is 12.0 Å². The highest BCUT2D eigenvalue weighted by atomic mass is 79.9. The molecule has 1 saturated heterocycles. The van der Waals surface area contributed by atoms with Crippen molar-refractivity contribution in [3.8, 4) is 0 Å². The molecule has 1 aliphatic heterocycles. The summed E-state index contributed by atoms with van der Waals surface area (Å²) in [5.74, 6) is 2.87. The zero-order valence-corrected chi connectivity index (χ0v) is 12.3. The summed E-state index contributed by atoms with van der Waals surface area (Å²) in [6, 6.07) is 5.59. The molecule has 1 aromatic rings. The first kappa shape index (κ1) is 13.4. The van der Waals surface area contributed by atoms with Crippen LogP contribution >= 0.6 is 27.7 Å². The van der Waals surface area contributed by atoms with Gasteiger partial charge in [0, 0.05) is 16.3 Å². The van der Waals surface area contributed by atoms with Gasteiger partial charge in [-0.05, 0) is 42.3 Å². The fraction of sp³-hybridized carbons (Fsp3) is 0.538. The zero-order chi connectivity index (χ0) is 12.3. The van der Waals surface area contributed by atoms with E-state index in [-0.39, 0.29) is 5.82 Å². The molecule has 0 saturated carbocycles. The van der Waals surface area contributed by atoms with Gasteiger partial charge in [-0.1, -0.05) is 28.9 Å². The summed E-state index contributed by atoms with van der Waals surface area (Å²) < 4.78 is 13.9. The smallest absolute Gasteiger partial charge is 0.124 e. The summed E-state index contributed by atoms with van der Waals surface area (Å²) in [6.07, 6.45) is 1.02. The van der Waals surface area contributed by atoms with Gasteiger partial charge in [0.25, 0.3) is 0 Å². The van der Waals surface area contributed by atoms with Crippen LogP contribution in [0.2, 0.25) is 0 Å². The Kier molecular flexibility index (Phi) is 4.88. The Hall–Kier alpha value is -0.0600. The first-order chi connectivity index (χ1) is 8.20. The minimum Gasteiger partial charge on any atom is -0.313 e. The van der Waals surface area contributed by atoms with Crippen LogP contribution in [0.4, 0.5) is 4.39 Å². The van der Waals surface area contributed by atoms with Crippen LogP contribution in [0.3, 0.4) is 0 Å². The van der Waals surface area contributed by atoms with Crippen LogP contribution in [-0.4, -0.2) is 24.1 Å². The maximum absolute atomic E-state index is 13.0. The van der Waals surface area contributed by atoms with Gasteiger partial charge in [0.15, 0.2) is 0 Å². The predicted molar refractivity (Wildman–Crippen MR) is 76.1 cm³/mol. The molecule has 2 rings (SSSR count). The highest BCUT2D eigenvalue weighted by Crippen LogP contribution is 2.30. The lowest BCUT2D eigenvalue weighted by molar-refractivity contribution is 0.433. The van der Waals surface area contributed by atoms with E-state index < -0.39 is 0 Å². The molecule has 0 amide bonds. The van der Waals surface area contributed by atoms with Crippen molar-refractivity contribution in [1.29, 1.82) is 0 Å². The average Bonchev–Trinajstić information content (AvgIpc) is 2.71. The van der Waals surface area contributed by atoms with Crippen LogP contribution in [-0.2, 0) is 6.42 Å². The Balaban J connectivity index is 2.04. The lowest BCUT2D eigenvalue weighted by Crippen LogP contribution is -2.36. The molecule has 0 aromatic heterocycles. The summed E-state index contributed by atoms with van der Waals surface area (Å²) in [5, 5.41) is 3.54. The molecule has 1 N–H and O–H groups in total. The van der Waals surface area contributed by atoms with Crippen molar-refractivity contribution in [2.75, 3.05) is 18.1 Å². The number of rotatable bonds is 4. The maximum Gasteiger partial charge on any atom is 0.124 e. The quantitative estimate of drug-likeness (QED) is 0.912. The summed E-state index contributed by atoms with van der Waals surface area (Å²) in [5.41, 5.74) is 1.21. The molecule has 1 heterocycles. The molecule has 4 heteroatoms. The van der Waals surface area contributed by atoms with E-state index in [1.807, 2.05) is 17.8 Å². The van der Waals surface area contributed by atoms with Gasteiger partial charge in [-0.25, -0.2) is 4.39 Å². The fourth-order valence-electron chi connectivity index (χ4n) is 2.26. The van der Waals surface area contributed by atoms with E-state index in [0.717, 1.165) is 17.4 Å². The second-order valence-corrected chi connectivity index (χ2v) is 6.33. The number of hydrogen-bond acceptors (Lipinski definition) is 2. The normalized spacial score (nSPS) is 24.2. The Morgan fingerprint density at radius 3 is 3.00 bits per heavy atom. The van der Waals surface area contributed by atoms with Crippen molar-refractivity contribution in [2.24, 2.45) is 5.92 Å². The highest BCUT2D eigenvalue weighted by Gasteiger charge is 2.27. The van der Waals surface area contributed by atoms with Crippen LogP contribution in [0.25, 0.3) is 0 Å². The Morgan fingerprint density at radius 1 is 1.47 bits per heavy atom. The molecular formula is C13H17BrFNS. The number of halogens is 2. The molecule has 0 aliphatic carbocycles. The average molecular weight is 318 g/mol. The molecule has 1 aliphatic rings. The Morgan fingerprint density at radius 2 is 2.29 bits per heavy atom. The highest BCUT2D eigenvalue weighted by molar-refractivity contribution is 9.10. The molecule has 1 nitrogen and oxygen atoms in total. The molecule has 2 unspecified atom stereocenters. The van der Waals surface area contributed by atoms with E-state index in [2.05, 4.69) is 28.2 Å². The molecule has 2 atom stereocenters. The standard InChI is InChI=1S/C13H17BrFNS/c1-2-16-13-8-17-7-10(13)5-9-3-4-11(15)6-12(9)14/h3-4,6,10,13,16H,2,5,7-8H2,1H3. The summed E-state index contributed by atoms with van der Waals surface area (Å²) >= 11 is 5.45. The first-order valence-corrected chi connectivity index (χ1v) is 7.90. The van der Waals surface area contributed by atoms with Gasteiger partial charge in [0.2, 0.25) is 0 Å². The van der Waals surface area contributed by atoms with E-state index in [1.165, 1.54) is 17.1 Å². The summed E-state index contributed by atoms with van der Waals surface area (Å²) in [4.78, 5) is 0. The van der Waals surface area contributed by atoms with Crippen LogP contribution in [0.5, 0.6) is 0 Å². The third-order valence-electron chi connectivity index (χ3n) is 3.16. The summed E-state index contributed by atoms with van der Waals surface area (Å²) in [7, 11) is 0. The van der Waals surface area contributed by atoms with Crippen molar-refractivity contribution < 1.29 is 4.39 Å². The lowest BCUT2D eigenvalue weighted by atomic mass is 9.95. The molecular weight excluding hydrogens is 301 g/mol. The molecule has 1 aromatic carbocycles. The minimum absolute atomic E-state index is 0.176. The number of nitrogens with one attached hydrogen (secondary N) is 1. The van der Waals surface area contributed by atoms with Crippen molar-refractivity contribution >= 4 is 27.7 Å². The largest absolute Gasteiger partial charge is 0.313 e. The third kappa shape index (κ3) is 3.46. The minimum atomic E-state index is -0.176. The van der Waals surface area contributed by atoms with Crippen LogP contribution in [0, 0.1) is 11.7 Å². The van der Waals surface area contributed by atoms with Crippen LogP contribution in [0.1, 0.15) is 12.5 Å². The molecule has 0 spiro atoms. The Bertz CT molecular complexity index is 386. The number of hydrogen-bond donors (Lipinski definition) is 1. The molecule has 0 bridgehead atoms. The van der Waals surface area contributed by atoms with E-state index in [4.69, 9.17) is 0 Å². The van der Waals surface area contributed by atoms with Gasteiger partial charge in [-0.2, -0.15) is 11.8 Å². The van der Waals surface area contributed by atoms with Gasteiger partial charge in [0.1, 0.15) is 5.82 Å². The number of thioether (sulfide) groups is 1. The van der Waals surface area contributed by atoms with Gasteiger partial charge >= 0.3 is 0 Å². The van der Waals surface area contributed by atoms with Gasteiger partial charge in [-0.3, -0.25) is 0 Å². The topological polar surface area (TPSA) is 12.0 Å². The Labute approximate surface area is 115 Å². The van der Waals surface area contributed by atoms with E-state index in [9.17, 15) is 4.39 Å². The molecule has 0 radical (unpaired) electrons. The van der Waals surface area contributed by atoms with E-state index in [1.54, 1.807) is 12.1 Å². The van der Waals surface area contributed by atoms with Crippen LogP contribution in [0.15, 0.2) is 22.7 Å². The number of benzene rings is 1. The maximum atomic E-state index is 13.0. The summed E-state index contributed by atoms with van der Waals surface area (Å²) in [6.45, 7) is 3.17. The molecule has 17 heavy (non-hydrogen) atoms. The lowest BCUT2D eigenvalue weighted by Gasteiger charge is -2.20. The van der Waals surface area contributed by atoms with Crippen molar-refractivity contribution in [2.45, 2.75) is 19.4 Å². The predicted octanol–water partition coefficient (Wildman–Crippen LogP) is 3.47. The van der Waals surface area contributed by atoms with Crippen molar-refractivity contribution in [3.63, 3.8) is 0 Å². The van der Waals surface area contributed by atoms with Gasteiger partial charge in [-0.15, -0.1) is 0 Å². The SMILES string of the molecule is CCNC1CSCC1Cc1ccc(F)cc1Br.